The van der Waals surface area contributed by atoms with Crippen LogP contribution in [0.5, 0.6) is 0 Å². The molecule has 1 saturated heterocycles. The van der Waals surface area contributed by atoms with Crippen LogP contribution in [0.1, 0.15) is 147 Å². The number of carbonyl (C=O) groups excluding carboxylic acids is 3. The number of hydrogen-bond donors (Lipinski definition) is 3. The maximum Gasteiger partial charge on any atom is 0.251 e. The fourth-order valence-electron chi connectivity index (χ4n) is 9.07. The molecule has 0 bridgehead atoms. The number of aryl methyl sites for hydroxylation is 2. The molecule has 3 aromatic carbocycles. The molecule has 4 N–H and O–H groups in total. The van der Waals surface area contributed by atoms with Crippen molar-refractivity contribution in [3.05, 3.63) is 125 Å². The molecule has 66 heavy (non-hydrogen) atoms. The van der Waals surface area contributed by atoms with Crippen molar-refractivity contribution < 1.29 is 19.1 Å². The van der Waals surface area contributed by atoms with Gasteiger partial charge in [0.05, 0.1) is 11.7 Å². The topological polar surface area (TPSA) is 141 Å². The van der Waals surface area contributed by atoms with Gasteiger partial charge in [0.15, 0.2) is 0 Å². The van der Waals surface area contributed by atoms with Gasteiger partial charge in [-0.1, -0.05) is 80.1 Å². The Balaban J connectivity index is 0.00000110. The molecular formula is C56H78N6O4. The second-order valence-corrected chi connectivity index (χ2v) is 19.2. The molecule has 3 aliphatic rings. The Morgan fingerprint density at radius 1 is 0.970 bits per heavy atom. The van der Waals surface area contributed by atoms with Crippen molar-refractivity contribution in [2.75, 3.05) is 31.1 Å². The Kier molecular flexibility index (Phi) is 19.9. The summed E-state index contributed by atoms with van der Waals surface area (Å²) in [6.45, 7) is 26.0. The highest BCUT2D eigenvalue weighted by atomic mass is 16.5. The molecule has 0 aromatic heterocycles. The summed E-state index contributed by atoms with van der Waals surface area (Å²) in [5, 5.41) is 16.4. The van der Waals surface area contributed by atoms with E-state index in [2.05, 4.69) is 87.4 Å². The van der Waals surface area contributed by atoms with E-state index in [0.717, 1.165) is 61.9 Å². The van der Waals surface area contributed by atoms with Crippen molar-refractivity contribution >= 4 is 23.4 Å². The molecular weight excluding hydrogens is 821 g/mol. The second kappa shape index (κ2) is 24.7. The van der Waals surface area contributed by atoms with Crippen LogP contribution in [0.15, 0.2) is 102 Å². The van der Waals surface area contributed by atoms with Crippen LogP contribution in [0.3, 0.4) is 0 Å². The van der Waals surface area contributed by atoms with E-state index in [1.165, 1.54) is 34.4 Å². The molecule has 0 radical (unpaired) electrons. The third-order valence-corrected chi connectivity index (χ3v) is 12.8. The first-order valence-electron chi connectivity index (χ1n) is 24.1. The Morgan fingerprint density at radius 2 is 1.67 bits per heavy atom. The van der Waals surface area contributed by atoms with E-state index in [4.69, 9.17) is 10.5 Å². The first kappa shape index (κ1) is 53.0. The van der Waals surface area contributed by atoms with Crippen LogP contribution >= 0.6 is 0 Å². The monoisotopic (exact) mass is 899 g/mol. The van der Waals surface area contributed by atoms with E-state index in [1.54, 1.807) is 13.0 Å². The van der Waals surface area contributed by atoms with Crippen molar-refractivity contribution in [1.29, 1.82) is 5.26 Å². The number of amides is 3. The number of nitriles is 1. The number of hydrogen-bond acceptors (Lipinski definition) is 7. The number of nitrogens with two attached hydrogens (primary N) is 1. The van der Waals surface area contributed by atoms with Gasteiger partial charge in [0.1, 0.15) is 6.42 Å². The lowest BCUT2D eigenvalue weighted by atomic mass is 9.78. The van der Waals surface area contributed by atoms with Gasteiger partial charge in [-0.25, -0.2) is 0 Å². The van der Waals surface area contributed by atoms with E-state index in [-0.39, 0.29) is 47.6 Å². The van der Waals surface area contributed by atoms with Gasteiger partial charge >= 0.3 is 0 Å². The molecule has 2 unspecified atom stereocenters. The quantitative estimate of drug-likeness (QED) is 0.129. The maximum atomic E-state index is 13.4. The number of fused-ring (bicyclic) bond motifs is 1. The molecule has 1 aliphatic carbocycles. The summed E-state index contributed by atoms with van der Waals surface area (Å²) in [5.41, 5.74) is 15.0. The van der Waals surface area contributed by atoms with E-state index >= 15 is 0 Å². The van der Waals surface area contributed by atoms with Gasteiger partial charge in [-0.05, 0) is 152 Å². The Bertz CT molecular complexity index is 2230. The number of likely N-dealkylation sites (tertiary alicyclic amines) is 1. The first-order chi connectivity index (χ1) is 31.4. The lowest BCUT2D eigenvalue weighted by Crippen LogP contribution is -2.46. The molecule has 2 heterocycles. The molecule has 0 spiro atoms. The highest BCUT2D eigenvalue weighted by Gasteiger charge is 2.35. The molecule has 2 fully saturated rings. The zero-order valence-electron chi connectivity index (χ0n) is 41.7. The largest absolute Gasteiger partial charge is 0.399 e. The standard InChI is InChI=1S/C49H63N5O4.C5H9N.C2H6/c1-33-10-8-13-39(28-33)42-30-43(32-53(31-42)45(56)22-25-50)46(37-11-9-12-37)51-26-23-49(6,7)58-27-24-48(4,5)52-47(57)38-18-16-36(17-19-38)40-20-21-44-41(29-40)15-14-34(2)54(44)35(3)55;1-3-4-5(2)6;1-2/h8,10,13,16-21,28-29,34,42-43,51H,9,11-12,14-15,22-24,26-27,30-32H2,1-7H3,(H,52,57);3-4H,2,6H2,1H3;1-2H3/b;4-3-;/t34-,42?,43?;;/m0../s1. The van der Waals surface area contributed by atoms with Crippen LogP contribution in [0.4, 0.5) is 5.69 Å². The van der Waals surface area contributed by atoms with Crippen molar-refractivity contribution in [3.8, 4) is 17.2 Å². The number of piperidine rings is 1. The molecule has 10 nitrogen and oxygen atoms in total. The molecule has 6 rings (SSSR count). The summed E-state index contributed by atoms with van der Waals surface area (Å²) < 4.78 is 6.46. The summed E-state index contributed by atoms with van der Waals surface area (Å²) in [6, 6.07) is 24.9. The van der Waals surface area contributed by atoms with Gasteiger partial charge < -0.3 is 30.9 Å². The average Bonchev–Trinajstić information content (AvgIpc) is 3.25. The Hall–Kier alpha value is -5.66. The smallest absolute Gasteiger partial charge is 0.251 e. The second-order valence-electron chi connectivity index (χ2n) is 19.2. The minimum Gasteiger partial charge on any atom is -0.399 e. The molecule has 2 aliphatic heterocycles. The molecule has 1 saturated carbocycles. The fourth-order valence-corrected chi connectivity index (χ4v) is 9.07. The third-order valence-electron chi connectivity index (χ3n) is 12.8. The lowest BCUT2D eigenvalue weighted by Gasteiger charge is -2.41. The maximum absolute atomic E-state index is 13.4. The normalized spacial score (nSPS) is 18.0. The van der Waals surface area contributed by atoms with E-state index in [0.29, 0.717) is 37.4 Å². The average molecular weight is 899 g/mol. The summed E-state index contributed by atoms with van der Waals surface area (Å²) in [7, 11) is 0. The summed E-state index contributed by atoms with van der Waals surface area (Å²) in [5.74, 6) is 0.268. The van der Waals surface area contributed by atoms with Crippen LogP contribution in [0.2, 0.25) is 0 Å². The van der Waals surface area contributed by atoms with Crippen LogP contribution in [0, 0.1) is 24.2 Å². The number of ether oxygens (including phenoxy) is 1. The zero-order valence-corrected chi connectivity index (χ0v) is 41.7. The number of benzene rings is 3. The summed E-state index contributed by atoms with van der Waals surface area (Å²) in [4.78, 5) is 42.6. The highest BCUT2D eigenvalue weighted by Crippen LogP contribution is 2.39. The van der Waals surface area contributed by atoms with E-state index < -0.39 is 5.54 Å². The Morgan fingerprint density at radius 3 is 2.26 bits per heavy atom. The van der Waals surface area contributed by atoms with Crippen molar-refractivity contribution in [2.24, 2.45) is 11.7 Å². The minimum atomic E-state index is -0.478. The highest BCUT2D eigenvalue weighted by molar-refractivity contribution is 5.96. The van der Waals surface area contributed by atoms with Gasteiger partial charge in [-0.15, -0.1) is 0 Å². The SMILES string of the molecule is C=C(N)/C=C\C.CC.CC(=O)N1c2ccc(-c3ccc(C(=O)NC(C)(C)CCOC(C)(C)CCNC(=C4CCC4)C4CC(c5cccc(C)c5)CN(C(=O)CC#N)C4)cc3)cc2CC[C@@H]1C. The number of nitrogens with zero attached hydrogens (tertiary/aromatic N) is 3. The molecule has 3 atom stereocenters. The van der Waals surface area contributed by atoms with Gasteiger partial charge in [-0.3, -0.25) is 14.4 Å². The van der Waals surface area contributed by atoms with Gasteiger partial charge in [0, 0.05) is 79.2 Å². The van der Waals surface area contributed by atoms with Crippen LogP contribution in [0.25, 0.3) is 11.1 Å². The zero-order chi connectivity index (χ0) is 48.6. The van der Waals surface area contributed by atoms with Crippen molar-refractivity contribution in [2.45, 2.75) is 150 Å². The van der Waals surface area contributed by atoms with Gasteiger partial charge in [-0.2, -0.15) is 5.26 Å². The minimum absolute atomic E-state index is 0.0687. The van der Waals surface area contributed by atoms with Crippen molar-refractivity contribution in [1.82, 2.24) is 15.5 Å². The first-order valence-corrected chi connectivity index (χ1v) is 24.1. The molecule has 10 heteroatoms. The Labute approximate surface area is 396 Å². The number of rotatable bonds is 15. The molecule has 3 aromatic rings. The number of allylic oxidation sites excluding steroid dienone is 3. The predicted octanol–water partition coefficient (Wildman–Crippen LogP) is 11.1. The number of anilines is 1. The van der Waals surface area contributed by atoms with Gasteiger partial charge in [0.2, 0.25) is 11.8 Å². The van der Waals surface area contributed by atoms with Gasteiger partial charge in [0.25, 0.3) is 5.91 Å². The summed E-state index contributed by atoms with van der Waals surface area (Å²) in [6.07, 6.45) is 11.2. The third kappa shape index (κ3) is 15.2. The summed E-state index contributed by atoms with van der Waals surface area (Å²) >= 11 is 0. The fraction of sp³-hybridized carbons (Fsp3) is 0.500. The van der Waals surface area contributed by atoms with Crippen molar-refractivity contribution in [3.63, 3.8) is 0 Å². The lowest BCUT2D eigenvalue weighted by molar-refractivity contribution is -0.132. The van der Waals surface area contributed by atoms with Crippen LogP contribution in [-0.4, -0.2) is 66.0 Å². The van der Waals surface area contributed by atoms with Crippen LogP contribution < -0.4 is 21.3 Å². The molecule has 356 valence electrons. The molecule has 3 amide bonds. The van der Waals surface area contributed by atoms with E-state index in [9.17, 15) is 19.6 Å². The van der Waals surface area contributed by atoms with E-state index in [1.807, 2.05) is 80.8 Å². The number of nitrogens with one attached hydrogen (secondary N) is 2. The van der Waals surface area contributed by atoms with Crippen LogP contribution in [-0.2, 0) is 20.7 Å². The number of carbonyl (C=O) groups is 3. The predicted molar refractivity (Wildman–Crippen MR) is 271 cm³/mol.